The number of rotatable bonds is 8. The molecular formula is C22H32N4O7. The number of carbonyl (C=O) groups is 3. The van der Waals surface area contributed by atoms with Gasteiger partial charge in [0.1, 0.15) is 18.8 Å². The molecule has 182 valence electrons. The number of phenolic OH excluding ortho intramolecular Hbond substituents is 1. The Kier molecular flexibility index (Phi) is 9.95. The van der Waals surface area contributed by atoms with Crippen molar-refractivity contribution in [2.45, 2.75) is 13.5 Å². The number of hydrogen-bond donors (Lipinski definition) is 4. The summed E-state index contributed by atoms with van der Waals surface area (Å²) in [5, 5.41) is 38.0. The summed E-state index contributed by atoms with van der Waals surface area (Å²) in [4.78, 5) is 40.7. The Bertz CT molecular complexity index is 861. The zero-order valence-electron chi connectivity index (χ0n) is 18.8. The third-order valence-electron chi connectivity index (χ3n) is 5.30. The molecular weight excluding hydrogens is 432 g/mol. The number of hydrogen-bond acceptors (Lipinski definition) is 8. The minimum Gasteiger partial charge on any atom is -0.508 e. The summed E-state index contributed by atoms with van der Waals surface area (Å²) in [5.41, 5.74) is 1.66. The van der Waals surface area contributed by atoms with Gasteiger partial charge >= 0.3 is 17.9 Å². The molecule has 0 saturated heterocycles. The van der Waals surface area contributed by atoms with E-state index in [1.165, 1.54) is 11.1 Å². The van der Waals surface area contributed by atoms with Crippen LogP contribution in [0, 0.1) is 6.92 Å². The average molecular weight is 465 g/mol. The SMILES string of the molecule is Cc1ccc(CN2CCN(CC(=O)O)/C=C\N(CC(=O)O)CCN(CC(=O)O)CC2)c(O)c1. The van der Waals surface area contributed by atoms with Gasteiger partial charge in [0.25, 0.3) is 0 Å². The van der Waals surface area contributed by atoms with E-state index in [0.29, 0.717) is 39.3 Å². The lowest BCUT2D eigenvalue weighted by Crippen LogP contribution is -2.44. The van der Waals surface area contributed by atoms with Gasteiger partial charge in [0.15, 0.2) is 0 Å². The minimum atomic E-state index is -1.04. The highest BCUT2D eigenvalue weighted by molar-refractivity contribution is 5.70. The van der Waals surface area contributed by atoms with Gasteiger partial charge in [-0.15, -0.1) is 0 Å². The van der Waals surface area contributed by atoms with E-state index in [0.717, 1.165) is 11.1 Å². The largest absolute Gasteiger partial charge is 0.508 e. The van der Waals surface area contributed by atoms with E-state index in [1.54, 1.807) is 22.1 Å². The van der Waals surface area contributed by atoms with E-state index in [4.69, 9.17) is 0 Å². The fourth-order valence-electron chi connectivity index (χ4n) is 3.55. The van der Waals surface area contributed by atoms with Gasteiger partial charge in [-0.25, -0.2) is 0 Å². The highest BCUT2D eigenvalue weighted by atomic mass is 16.4. The predicted octanol–water partition coefficient (Wildman–Crippen LogP) is 0.147. The van der Waals surface area contributed by atoms with E-state index in [9.17, 15) is 34.8 Å². The second-order valence-electron chi connectivity index (χ2n) is 8.10. The van der Waals surface area contributed by atoms with Crippen LogP contribution in [0.5, 0.6) is 5.75 Å². The molecule has 0 bridgehead atoms. The Morgan fingerprint density at radius 3 is 1.76 bits per heavy atom. The van der Waals surface area contributed by atoms with Crippen LogP contribution in [0.15, 0.2) is 30.6 Å². The zero-order chi connectivity index (χ0) is 24.4. The lowest BCUT2D eigenvalue weighted by molar-refractivity contribution is -0.139. The zero-order valence-corrected chi connectivity index (χ0v) is 18.8. The van der Waals surface area contributed by atoms with Crippen molar-refractivity contribution in [3.05, 3.63) is 41.7 Å². The van der Waals surface area contributed by atoms with E-state index in [-0.39, 0.29) is 31.9 Å². The monoisotopic (exact) mass is 464 g/mol. The van der Waals surface area contributed by atoms with Crippen molar-refractivity contribution in [2.24, 2.45) is 0 Å². The quantitative estimate of drug-likeness (QED) is 0.417. The van der Waals surface area contributed by atoms with E-state index >= 15 is 0 Å². The summed E-state index contributed by atoms with van der Waals surface area (Å²) in [7, 11) is 0. The molecule has 0 unspecified atom stereocenters. The molecule has 2 rings (SSSR count). The molecule has 0 fully saturated rings. The fourth-order valence-corrected chi connectivity index (χ4v) is 3.55. The Balaban J connectivity index is 2.25. The van der Waals surface area contributed by atoms with Crippen LogP contribution in [-0.4, -0.2) is 117 Å². The molecule has 0 radical (unpaired) electrons. The standard InChI is InChI=1S/C22H32N4O7/c1-17-2-3-18(19(27)12-17)13-23-4-6-24(14-20(28)29)8-10-26(16-22(32)33)11-9-25(7-5-23)15-21(30)31/h2-3,8,10,12,27H,4-7,9,11,13-16H2,1H3,(H,28,29)(H,30,31)(H,32,33)/b10-8-. The lowest BCUT2D eigenvalue weighted by atomic mass is 10.1. The smallest absolute Gasteiger partial charge is 0.323 e. The minimum absolute atomic E-state index is 0.176. The third kappa shape index (κ3) is 9.79. The van der Waals surface area contributed by atoms with Crippen molar-refractivity contribution < 1.29 is 34.8 Å². The van der Waals surface area contributed by atoms with E-state index < -0.39 is 17.9 Å². The van der Waals surface area contributed by atoms with Crippen LogP contribution in [0.1, 0.15) is 11.1 Å². The average Bonchev–Trinajstić information content (AvgIpc) is 2.70. The van der Waals surface area contributed by atoms with Crippen molar-refractivity contribution in [2.75, 3.05) is 58.9 Å². The Labute approximate surface area is 192 Å². The summed E-state index contributed by atoms with van der Waals surface area (Å²) >= 11 is 0. The van der Waals surface area contributed by atoms with Crippen molar-refractivity contribution in [1.82, 2.24) is 19.6 Å². The predicted molar refractivity (Wildman–Crippen MR) is 120 cm³/mol. The van der Waals surface area contributed by atoms with Crippen molar-refractivity contribution in [3.63, 3.8) is 0 Å². The molecule has 0 atom stereocenters. The van der Waals surface area contributed by atoms with Gasteiger partial charge < -0.3 is 30.2 Å². The van der Waals surface area contributed by atoms with Gasteiger partial charge in [0, 0.05) is 63.8 Å². The Morgan fingerprint density at radius 1 is 0.758 bits per heavy atom. The number of carboxylic acid groups (broad SMARTS) is 3. The van der Waals surface area contributed by atoms with Crippen molar-refractivity contribution in [1.29, 1.82) is 0 Å². The lowest BCUT2D eigenvalue weighted by Gasteiger charge is -2.31. The molecule has 11 heteroatoms. The molecule has 1 aromatic rings. The third-order valence-corrected chi connectivity index (χ3v) is 5.30. The highest BCUT2D eigenvalue weighted by Crippen LogP contribution is 2.20. The first kappa shape index (κ1) is 25.9. The first-order chi connectivity index (χ1) is 15.6. The van der Waals surface area contributed by atoms with Crippen LogP contribution < -0.4 is 0 Å². The maximum Gasteiger partial charge on any atom is 0.323 e. The molecule has 0 saturated carbocycles. The van der Waals surface area contributed by atoms with Crippen LogP contribution in [0.2, 0.25) is 0 Å². The Hall–Kier alpha value is -3.31. The number of phenols is 1. The number of aliphatic carboxylic acids is 3. The molecule has 4 N–H and O–H groups in total. The summed E-state index contributed by atoms with van der Waals surface area (Å²) < 4.78 is 0. The number of aromatic hydroxyl groups is 1. The molecule has 1 aliphatic rings. The number of nitrogens with zero attached hydrogens (tertiary/aromatic N) is 4. The molecule has 0 aromatic heterocycles. The Morgan fingerprint density at radius 2 is 1.24 bits per heavy atom. The van der Waals surface area contributed by atoms with Crippen molar-refractivity contribution >= 4 is 17.9 Å². The van der Waals surface area contributed by atoms with Crippen LogP contribution in [0.4, 0.5) is 0 Å². The molecule has 33 heavy (non-hydrogen) atoms. The van der Waals surface area contributed by atoms with Gasteiger partial charge in [-0.2, -0.15) is 0 Å². The maximum atomic E-state index is 11.3. The van der Waals surface area contributed by atoms with Crippen LogP contribution in [0.25, 0.3) is 0 Å². The molecule has 1 aliphatic heterocycles. The number of carboxylic acids is 3. The normalized spacial score (nSPS) is 17.7. The van der Waals surface area contributed by atoms with Gasteiger partial charge in [-0.05, 0) is 18.6 Å². The number of aryl methyl sites for hydroxylation is 1. The van der Waals surface area contributed by atoms with E-state index in [1.807, 2.05) is 24.0 Å². The molecule has 1 aromatic carbocycles. The molecule has 0 spiro atoms. The van der Waals surface area contributed by atoms with Crippen LogP contribution in [-0.2, 0) is 20.9 Å². The molecule has 0 amide bonds. The number of benzene rings is 1. The van der Waals surface area contributed by atoms with Gasteiger partial charge in [-0.1, -0.05) is 12.1 Å². The maximum absolute atomic E-state index is 11.3. The molecule has 1 heterocycles. The summed E-state index contributed by atoms with van der Waals surface area (Å²) in [5.74, 6) is -2.84. The fraction of sp³-hybridized carbons (Fsp3) is 0.500. The van der Waals surface area contributed by atoms with Crippen LogP contribution in [0.3, 0.4) is 0 Å². The first-order valence-corrected chi connectivity index (χ1v) is 10.7. The first-order valence-electron chi connectivity index (χ1n) is 10.7. The second-order valence-corrected chi connectivity index (χ2v) is 8.10. The van der Waals surface area contributed by atoms with Crippen LogP contribution >= 0.6 is 0 Å². The second kappa shape index (κ2) is 12.7. The summed E-state index contributed by atoms with van der Waals surface area (Å²) in [6, 6.07) is 5.42. The topological polar surface area (TPSA) is 145 Å². The highest BCUT2D eigenvalue weighted by Gasteiger charge is 2.18. The summed E-state index contributed by atoms with van der Waals surface area (Å²) in [6.45, 7) is 3.92. The van der Waals surface area contributed by atoms with Gasteiger partial charge in [0.2, 0.25) is 0 Å². The molecule has 0 aliphatic carbocycles. The molecule has 11 nitrogen and oxygen atoms in total. The van der Waals surface area contributed by atoms with Gasteiger partial charge in [0.05, 0.1) is 6.54 Å². The summed E-state index contributed by atoms with van der Waals surface area (Å²) in [6.07, 6.45) is 3.09. The van der Waals surface area contributed by atoms with Crippen molar-refractivity contribution in [3.8, 4) is 5.75 Å². The van der Waals surface area contributed by atoms with E-state index in [2.05, 4.69) is 0 Å². The van der Waals surface area contributed by atoms with Gasteiger partial charge in [-0.3, -0.25) is 24.2 Å².